The molecule has 3 rings (SSSR count). The van der Waals surface area contributed by atoms with E-state index in [4.69, 9.17) is 0 Å². The van der Waals surface area contributed by atoms with Crippen molar-refractivity contribution in [2.75, 3.05) is 5.32 Å². The van der Waals surface area contributed by atoms with Gasteiger partial charge < -0.3 is 10.4 Å². The first-order valence-electron chi connectivity index (χ1n) is 6.27. The Morgan fingerprint density at radius 2 is 1.82 bits per heavy atom. The maximum atomic E-state index is 9.86. The fourth-order valence-corrected chi connectivity index (χ4v) is 2.66. The van der Waals surface area contributed by atoms with Crippen LogP contribution in [-0.4, -0.2) is 17.3 Å². The Bertz CT molecular complexity index is 518. The molecule has 0 heterocycles. The average molecular weight is 227 g/mol. The van der Waals surface area contributed by atoms with E-state index in [0.29, 0.717) is 0 Å². The van der Waals surface area contributed by atoms with Crippen LogP contribution >= 0.6 is 0 Å². The van der Waals surface area contributed by atoms with Gasteiger partial charge in [0.15, 0.2) is 0 Å². The molecule has 0 bridgehead atoms. The second-order valence-corrected chi connectivity index (χ2v) is 4.78. The Morgan fingerprint density at radius 3 is 2.65 bits per heavy atom. The van der Waals surface area contributed by atoms with Crippen LogP contribution < -0.4 is 5.32 Å². The highest BCUT2D eigenvalue weighted by Gasteiger charge is 2.25. The van der Waals surface area contributed by atoms with Crippen LogP contribution in [0, 0.1) is 0 Å². The molecule has 2 aromatic carbocycles. The number of aliphatic hydroxyl groups excluding tert-OH is 1. The molecule has 2 heteroatoms. The SMILES string of the molecule is O[C@@H]1CCC[C@H]1Nc1cccc2ccccc12. The number of fused-ring (bicyclic) bond motifs is 1. The minimum atomic E-state index is -0.200. The molecule has 2 aromatic rings. The normalized spacial score (nSPS) is 24.1. The lowest BCUT2D eigenvalue weighted by Crippen LogP contribution is -2.27. The summed E-state index contributed by atoms with van der Waals surface area (Å²) in [6.07, 6.45) is 2.89. The van der Waals surface area contributed by atoms with Crippen molar-refractivity contribution in [1.29, 1.82) is 0 Å². The molecule has 1 saturated carbocycles. The van der Waals surface area contributed by atoms with Crippen molar-refractivity contribution in [3.63, 3.8) is 0 Å². The molecule has 2 N–H and O–H groups in total. The summed E-state index contributed by atoms with van der Waals surface area (Å²) in [4.78, 5) is 0. The summed E-state index contributed by atoms with van der Waals surface area (Å²) in [5, 5.41) is 15.8. The number of benzene rings is 2. The van der Waals surface area contributed by atoms with Crippen LogP contribution in [0.3, 0.4) is 0 Å². The zero-order chi connectivity index (χ0) is 11.7. The lowest BCUT2D eigenvalue weighted by Gasteiger charge is -2.19. The molecule has 0 amide bonds. The monoisotopic (exact) mass is 227 g/mol. The van der Waals surface area contributed by atoms with Gasteiger partial charge in [0.05, 0.1) is 12.1 Å². The van der Waals surface area contributed by atoms with Crippen LogP contribution in [0.25, 0.3) is 10.8 Å². The minimum Gasteiger partial charge on any atom is -0.391 e. The van der Waals surface area contributed by atoms with Gasteiger partial charge in [-0.25, -0.2) is 0 Å². The molecule has 0 unspecified atom stereocenters. The summed E-state index contributed by atoms with van der Waals surface area (Å²) >= 11 is 0. The summed E-state index contributed by atoms with van der Waals surface area (Å²) < 4.78 is 0. The average Bonchev–Trinajstić information content (AvgIpc) is 2.76. The molecule has 1 fully saturated rings. The highest BCUT2D eigenvalue weighted by atomic mass is 16.3. The highest BCUT2D eigenvalue weighted by Crippen LogP contribution is 2.27. The van der Waals surface area contributed by atoms with E-state index in [2.05, 4.69) is 47.8 Å². The van der Waals surface area contributed by atoms with E-state index >= 15 is 0 Å². The molecule has 2 nitrogen and oxygen atoms in total. The molecule has 0 radical (unpaired) electrons. The summed E-state index contributed by atoms with van der Waals surface area (Å²) in [6.45, 7) is 0. The third-order valence-corrected chi connectivity index (χ3v) is 3.61. The zero-order valence-corrected chi connectivity index (χ0v) is 9.76. The smallest absolute Gasteiger partial charge is 0.0741 e. The molecule has 2 atom stereocenters. The van der Waals surface area contributed by atoms with Gasteiger partial charge in [-0.2, -0.15) is 0 Å². The summed E-state index contributed by atoms with van der Waals surface area (Å²) in [7, 11) is 0. The van der Waals surface area contributed by atoms with Gasteiger partial charge in [0, 0.05) is 11.1 Å². The van der Waals surface area contributed by atoms with Crippen LogP contribution in [0.4, 0.5) is 5.69 Å². The van der Waals surface area contributed by atoms with E-state index < -0.39 is 0 Å². The highest BCUT2D eigenvalue weighted by molar-refractivity contribution is 5.93. The molecule has 88 valence electrons. The largest absolute Gasteiger partial charge is 0.391 e. The Morgan fingerprint density at radius 1 is 1.00 bits per heavy atom. The predicted octanol–water partition coefficient (Wildman–Crippen LogP) is 3.17. The fraction of sp³-hybridized carbons (Fsp3) is 0.333. The van der Waals surface area contributed by atoms with Gasteiger partial charge in [-0.05, 0) is 30.7 Å². The molecule has 0 saturated heterocycles. The van der Waals surface area contributed by atoms with E-state index in [9.17, 15) is 5.11 Å². The number of rotatable bonds is 2. The van der Waals surface area contributed by atoms with Crippen molar-refractivity contribution < 1.29 is 5.11 Å². The standard InChI is InChI=1S/C15H17NO/c17-15-10-4-9-14(15)16-13-8-3-6-11-5-1-2-7-12(11)13/h1-3,5-8,14-17H,4,9-10H2/t14-,15-/m1/s1. The second-order valence-electron chi connectivity index (χ2n) is 4.78. The third-order valence-electron chi connectivity index (χ3n) is 3.61. The van der Waals surface area contributed by atoms with Gasteiger partial charge in [0.25, 0.3) is 0 Å². The summed E-state index contributed by atoms with van der Waals surface area (Å²) in [5.41, 5.74) is 1.13. The Labute approximate surface area is 101 Å². The molecule has 1 aliphatic carbocycles. The molecular weight excluding hydrogens is 210 g/mol. The minimum absolute atomic E-state index is 0.200. The van der Waals surface area contributed by atoms with E-state index in [1.165, 1.54) is 10.8 Å². The van der Waals surface area contributed by atoms with Crippen molar-refractivity contribution in [3.05, 3.63) is 42.5 Å². The summed E-state index contributed by atoms with van der Waals surface area (Å²) in [6, 6.07) is 14.8. The maximum Gasteiger partial charge on any atom is 0.0741 e. The van der Waals surface area contributed by atoms with Gasteiger partial charge in [-0.3, -0.25) is 0 Å². The Hall–Kier alpha value is -1.54. The maximum absolute atomic E-state index is 9.86. The van der Waals surface area contributed by atoms with Crippen LogP contribution in [0.5, 0.6) is 0 Å². The van der Waals surface area contributed by atoms with Gasteiger partial charge >= 0.3 is 0 Å². The van der Waals surface area contributed by atoms with Crippen LogP contribution in [0.15, 0.2) is 42.5 Å². The molecule has 0 aromatic heterocycles. The van der Waals surface area contributed by atoms with Crippen molar-refractivity contribution >= 4 is 16.5 Å². The Balaban J connectivity index is 1.94. The lowest BCUT2D eigenvalue weighted by molar-refractivity contribution is 0.172. The Kier molecular flexibility index (Phi) is 2.73. The van der Waals surface area contributed by atoms with E-state index in [0.717, 1.165) is 24.9 Å². The van der Waals surface area contributed by atoms with Crippen molar-refractivity contribution in [1.82, 2.24) is 0 Å². The first-order valence-corrected chi connectivity index (χ1v) is 6.27. The van der Waals surface area contributed by atoms with Crippen molar-refractivity contribution in [2.45, 2.75) is 31.4 Å². The number of hydrogen-bond donors (Lipinski definition) is 2. The third kappa shape index (κ3) is 2.01. The van der Waals surface area contributed by atoms with Crippen molar-refractivity contribution in [3.8, 4) is 0 Å². The fourth-order valence-electron chi connectivity index (χ4n) is 2.66. The van der Waals surface area contributed by atoms with Crippen molar-refractivity contribution in [2.24, 2.45) is 0 Å². The first kappa shape index (κ1) is 10.6. The van der Waals surface area contributed by atoms with Crippen LogP contribution in [-0.2, 0) is 0 Å². The summed E-state index contributed by atoms with van der Waals surface area (Å²) in [5.74, 6) is 0. The van der Waals surface area contributed by atoms with Gasteiger partial charge in [-0.1, -0.05) is 36.4 Å². The topological polar surface area (TPSA) is 32.3 Å². The second kappa shape index (κ2) is 4.38. The van der Waals surface area contributed by atoms with Gasteiger partial charge in [0.1, 0.15) is 0 Å². The molecule has 0 aliphatic heterocycles. The van der Waals surface area contributed by atoms with E-state index in [-0.39, 0.29) is 12.1 Å². The quantitative estimate of drug-likeness (QED) is 0.826. The van der Waals surface area contributed by atoms with E-state index in [1.54, 1.807) is 0 Å². The van der Waals surface area contributed by atoms with E-state index in [1.807, 2.05) is 0 Å². The van der Waals surface area contributed by atoms with Gasteiger partial charge in [0.2, 0.25) is 0 Å². The number of anilines is 1. The van der Waals surface area contributed by atoms with Gasteiger partial charge in [-0.15, -0.1) is 0 Å². The number of nitrogens with one attached hydrogen (secondary N) is 1. The molecular formula is C15H17NO. The molecule has 1 aliphatic rings. The lowest BCUT2D eigenvalue weighted by atomic mass is 10.1. The molecule has 17 heavy (non-hydrogen) atoms. The zero-order valence-electron chi connectivity index (χ0n) is 9.76. The molecule has 0 spiro atoms. The predicted molar refractivity (Wildman–Crippen MR) is 71.2 cm³/mol. The first-order chi connectivity index (χ1) is 8.34. The number of hydrogen-bond acceptors (Lipinski definition) is 2. The van der Waals surface area contributed by atoms with Crippen LogP contribution in [0.2, 0.25) is 0 Å². The number of aliphatic hydroxyl groups is 1. The van der Waals surface area contributed by atoms with Crippen LogP contribution in [0.1, 0.15) is 19.3 Å².